The van der Waals surface area contributed by atoms with Crippen molar-refractivity contribution >= 4 is 51.1 Å². The zero-order valence-electron chi connectivity index (χ0n) is 27.1. The molecule has 0 spiro atoms. The van der Waals surface area contributed by atoms with Gasteiger partial charge in [0.2, 0.25) is 11.8 Å². The van der Waals surface area contributed by atoms with Crippen LogP contribution in [-0.4, -0.2) is 33.4 Å². The van der Waals surface area contributed by atoms with Crippen molar-refractivity contribution in [2.75, 3.05) is 0 Å². The first kappa shape index (κ1) is 30.6. The third-order valence-corrected chi connectivity index (χ3v) is 12.5. The lowest BCUT2D eigenvalue weighted by molar-refractivity contribution is -0.141. The summed E-state index contributed by atoms with van der Waals surface area (Å²) in [6.45, 7) is 0.217. The van der Waals surface area contributed by atoms with Gasteiger partial charge in [0.25, 0.3) is 0 Å². The molecular weight excluding hydrogens is 643 g/mol. The van der Waals surface area contributed by atoms with Gasteiger partial charge >= 0.3 is 0 Å². The van der Waals surface area contributed by atoms with Crippen LogP contribution in [0.25, 0.3) is 16.3 Å². The van der Waals surface area contributed by atoms with Crippen molar-refractivity contribution in [3.8, 4) is 5.75 Å². The van der Waals surface area contributed by atoms with Crippen molar-refractivity contribution < 1.29 is 24.3 Å². The van der Waals surface area contributed by atoms with Crippen molar-refractivity contribution in [1.29, 1.82) is 0 Å². The van der Waals surface area contributed by atoms with E-state index >= 15 is 9.59 Å². The van der Waals surface area contributed by atoms with E-state index in [0.29, 0.717) is 34.1 Å². The Morgan fingerprint density at radius 1 is 0.780 bits per heavy atom. The van der Waals surface area contributed by atoms with Gasteiger partial charge in [0.1, 0.15) is 5.75 Å². The number of amides is 2. The van der Waals surface area contributed by atoms with Crippen LogP contribution in [0.2, 0.25) is 0 Å². The molecule has 1 aromatic heterocycles. The van der Waals surface area contributed by atoms with Gasteiger partial charge < -0.3 is 5.11 Å². The molecule has 0 bridgehead atoms. The fourth-order valence-corrected chi connectivity index (χ4v) is 10.2. The molecule has 7 heteroatoms. The Morgan fingerprint density at radius 2 is 1.52 bits per heavy atom. The lowest BCUT2D eigenvalue weighted by Crippen LogP contribution is -2.58. The summed E-state index contributed by atoms with van der Waals surface area (Å²) in [5.74, 6) is -4.07. The summed E-state index contributed by atoms with van der Waals surface area (Å²) in [5.41, 5.74) is 1.69. The van der Waals surface area contributed by atoms with E-state index in [1.54, 1.807) is 0 Å². The SMILES string of the molecule is O=C1C(c2ccccc2)=CC(=O)[C@@]2(c3ccccc3)[C@@H](c3ccc4ccccc4c3O)C3=CC[C@@H]4C(=O)N(Cc5cccs5)C(=O)[C@@H]4[C@@H]3C[C@@H]12. The summed E-state index contributed by atoms with van der Waals surface area (Å²) in [5, 5.41) is 15.6. The molecule has 2 fully saturated rings. The van der Waals surface area contributed by atoms with Crippen LogP contribution in [0.1, 0.15) is 40.3 Å². The Morgan fingerprint density at radius 3 is 2.28 bits per heavy atom. The molecule has 2 heterocycles. The van der Waals surface area contributed by atoms with Crippen LogP contribution >= 0.6 is 11.3 Å². The number of Topliss-reactive ketones (excluding diaryl/α,β-unsaturated/α-hetero) is 1. The number of hydrogen-bond acceptors (Lipinski definition) is 6. The monoisotopic (exact) mass is 675 g/mol. The van der Waals surface area contributed by atoms with Crippen LogP contribution in [0.4, 0.5) is 0 Å². The molecule has 1 saturated carbocycles. The number of benzene rings is 4. The number of allylic oxidation sites excluding steroid dienone is 4. The largest absolute Gasteiger partial charge is 0.507 e. The number of aromatic hydroxyl groups is 1. The average Bonchev–Trinajstić information content (AvgIpc) is 3.76. The summed E-state index contributed by atoms with van der Waals surface area (Å²) in [7, 11) is 0. The maximum atomic E-state index is 15.2. The number of phenols is 1. The van der Waals surface area contributed by atoms with Gasteiger partial charge in [-0.15, -0.1) is 11.3 Å². The zero-order chi connectivity index (χ0) is 34.1. The molecule has 5 aromatic rings. The topological polar surface area (TPSA) is 91.8 Å². The van der Waals surface area contributed by atoms with Gasteiger partial charge in [0.15, 0.2) is 11.6 Å². The highest BCUT2D eigenvalue weighted by Gasteiger charge is 2.66. The van der Waals surface area contributed by atoms with Gasteiger partial charge in [-0.2, -0.15) is 0 Å². The smallest absolute Gasteiger partial charge is 0.234 e. The molecule has 4 aliphatic rings. The number of rotatable bonds is 5. The van der Waals surface area contributed by atoms with E-state index in [-0.39, 0.29) is 42.1 Å². The maximum Gasteiger partial charge on any atom is 0.234 e. The van der Waals surface area contributed by atoms with Gasteiger partial charge in [-0.05, 0) is 52.8 Å². The number of carbonyl (C=O) groups excluding carboxylic acids is 4. The Bertz CT molecular complexity index is 2270. The number of ketones is 2. The van der Waals surface area contributed by atoms with Crippen molar-refractivity contribution in [3.63, 3.8) is 0 Å². The molecule has 1 aliphatic heterocycles. The van der Waals surface area contributed by atoms with Gasteiger partial charge in [-0.25, -0.2) is 0 Å². The van der Waals surface area contributed by atoms with Gasteiger partial charge in [-0.1, -0.05) is 115 Å². The molecule has 4 aromatic carbocycles. The number of hydrogen-bond donors (Lipinski definition) is 1. The number of phenolic OH excluding ortho intramolecular Hbond substituents is 1. The second-order valence-electron chi connectivity index (χ2n) is 13.9. The first-order chi connectivity index (χ1) is 24.4. The van der Waals surface area contributed by atoms with E-state index in [1.165, 1.54) is 22.3 Å². The summed E-state index contributed by atoms with van der Waals surface area (Å²) < 4.78 is 0. The molecule has 1 saturated heterocycles. The third-order valence-electron chi connectivity index (χ3n) is 11.6. The Hall–Kier alpha value is -5.40. The van der Waals surface area contributed by atoms with Crippen LogP contribution in [0.3, 0.4) is 0 Å². The van der Waals surface area contributed by atoms with Gasteiger partial charge in [0.05, 0.1) is 23.8 Å². The molecule has 1 N–H and O–H groups in total. The molecule has 246 valence electrons. The van der Waals surface area contributed by atoms with Crippen LogP contribution in [-0.2, 0) is 31.1 Å². The number of fused-ring (bicyclic) bond motifs is 5. The number of likely N-dealkylation sites (tertiary alicyclic amines) is 1. The van der Waals surface area contributed by atoms with Crippen molar-refractivity contribution in [2.45, 2.75) is 30.7 Å². The van der Waals surface area contributed by atoms with Gasteiger partial charge in [0, 0.05) is 33.2 Å². The first-order valence-corrected chi connectivity index (χ1v) is 18.0. The molecule has 50 heavy (non-hydrogen) atoms. The van der Waals surface area contributed by atoms with Crippen LogP contribution in [0.15, 0.2) is 132 Å². The standard InChI is InChI=1S/C43H33NO5S/c45-36-23-33(25-10-3-1-4-11-25)40(47)35-22-34-30(19-20-31-37(34)42(49)44(41(31)48)24-28-15-9-21-50-28)38(43(35,36)27-13-5-2-6-14-27)32-18-17-26-12-7-8-16-29(26)39(32)46/h1-19,21,23,31,34-35,37-38,46H,20,22,24H2/t31-,34+,35-,37-,38+,43-/m0/s1. The van der Waals surface area contributed by atoms with E-state index in [2.05, 4.69) is 0 Å². The molecule has 0 radical (unpaired) electrons. The van der Waals surface area contributed by atoms with Crippen LogP contribution < -0.4 is 0 Å². The Labute approximate surface area is 293 Å². The van der Waals surface area contributed by atoms with E-state index in [1.807, 2.05) is 121 Å². The molecule has 6 nitrogen and oxygen atoms in total. The molecule has 6 atom stereocenters. The molecule has 0 unspecified atom stereocenters. The number of thiophene rings is 1. The van der Waals surface area contributed by atoms with Crippen LogP contribution in [0.5, 0.6) is 5.75 Å². The Kier molecular flexibility index (Phi) is 7.11. The predicted molar refractivity (Wildman–Crippen MR) is 192 cm³/mol. The summed E-state index contributed by atoms with van der Waals surface area (Å²) in [6, 6.07) is 33.9. The van der Waals surface area contributed by atoms with E-state index in [9.17, 15) is 14.7 Å². The normalized spacial score (nSPS) is 27.4. The average molecular weight is 676 g/mol. The zero-order valence-corrected chi connectivity index (χ0v) is 27.9. The summed E-state index contributed by atoms with van der Waals surface area (Å²) in [4.78, 5) is 61.0. The number of imide groups is 1. The molecular formula is C43H33NO5S. The predicted octanol–water partition coefficient (Wildman–Crippen LogP) is 7.63. The first-order valence-electron chi connectivity index (χ1n) is 17.1. The minimum Gasteiger partial charge on any atom is -0.507 e. The number of nitrogens with zero attached hydrogens (tertiary/aromatic N) is 1. The van der Waals surface area contributed by atoms with Crippen molar-refractivity contribution in [3.05, 3.63) is 154 Å². The van der Waals surface area contributed by atoms with Crippen molar-refractivity contribution in [2.24, 2.45) is 23.7 Å². The molecule has 3 aliphatic carbocycles. The van der Waals surface area contributed by atoms with Crippen molar-refractivity contribution in [1.82, 2.24) is 4.90 Å². The highest BCUT2D eigenvalue weighted by molar-refractivity contribution is 7.09. The highest BCUT2D eigenvalue weighted by atomic mass is 32.1. The summed E-state index contributed by atoms with van der Waals surface area (Å²) >= 11 is 1.51. The lowest BCUT2D eigenvalue weighted by atomic mass is 9.44. The van der Waals surface area contributed by atoms with E-state index in [0.717, 1.165) is 15.8 Å². The molecule has 9 rings (SSSR count). The van der Waals surface area contributed by atoms with Gasteiger partial charge in [-0.3, -0.25) is 24.1 Å². The highest BCUT2D eigenvalue weighted by Crippen LogP contribution is 2.64. The summed E-state index contributed by atoms with van der Waals surface area (Å²) in [6.07, 6.45) is 4.12. The fraction of sp³-hybridized carbons (Fsp3) is 0.209. The van der Waals surface area contributed by atoms with E-state index < -0.39 is 35.0 Å². The molecule has 2 amide bonds. The van der Waals surface area contributed by atoms with E-state index in [4.69, 9.17) is 0 Å². The maximum absolute atomic E-state index is 15.2. The third kappa shape index (κ3) is 4.32. The second kappa shape index (κ2) is 11.6. The Balaban J connectivity index is 1.29. The fourth-order valence-electron chi connectivity index (χ4n) is 9.50. The number of carbonyl (C=O) groups is 4. The van der Waals surface area contributed by atoms with Crippen LogP contribution in [0, 0.1) is 23.7 Å². The quantitative estimate of drug-likeness (QED) is 0.153. The minimum absolute atomic E-state index is 0.0528. The lowest BCUT2D eigenvalue weighted by Gasteiger charge is -2.55. The second-order valence-corrected chi connectivity index (χ2v) is 14.9. The minimum atomic E-state index is -1.39.